The zero-order chi connectivity index (χ0) is 8.04. The van der Waals surface area contributed by atoms with Gasteiger partial charge in [0.2, 0.25) is 0 Å². The van der Waals surface area contributed by atoms with E-state index in [0.717, 1.165) is 13.0 Å². The van der Waals surface area contributed by atoms with Crippen molar-refractivity contribution in [2.75, 3.05) is 13.7 Å². The van der Waals surface area contributed by atoms with Gasteiger partial charge < -0.3 is 4.74 Å². The lowest BCUT2D eigenvalue weighted by molar-refractivity contribution is 0.106. The minimum Gasteiger partial charge on any atom is -0.384 e. The molecular weight excluding hydrogens is 124 g/mol. The molecule has 0 amide bonds. The maximum absolute atomic E-state index is 5.07. The Morgan fingerprint density at radius 2 is 2.00 bits per heavy atom. The second-order valence-corrected chi connectivity index (χ2v) is 3.37. The van der Waals surface area contributed by atoms with Crippen molar-refractivity contribution in [2.24, 2.45) is 5.41 Å². The molecule has 0 aliphatic heterocycles. The van der Waals surface area contributed by atoms with E-state index in [1.165, 1.54) is 0 Å². The molecule has 0 saturated carbocycles. The lowest BCUT2D eigenvalue weighted by Gasteiger charge is -2.21. The van der Waals surface area contributed by atoms with Crippen LogP contribution in [-0.4, -0.2) is 13.7 Å². The summed E-state index contributed by atoms with van der Waals surface area (Å²) in [5.74, 6) is 0. The van der Waals surface area contributed by atoms with Gasteiger partial charge in [-0.1, -0.05) is 26.0 Å². The van der Waals surface area contributed by atoms with Crippen molar-refractivity contribution in [3.8, 4) is 0 Å². The van der Waals surface area contributed by atoms with Crippen molar-refractivity contribution < 1.29 is 4.74 Å². The van der Waals surface area contributed by atoms with Gasteiger partial charge in [0.15, 0.2) is 0 Å². The molecule has 0 rings (SSSR count). The Labute approximate surface area is 64.1 Å². The highest BCUT2D eigenvalue weighted by molar-refractivity contribution is 4.84. The molecule has 0 atom stereocenters. The summed E-state index contributed by atoms with van der Waals surface area (Å²) < 4.78 is 5.07. The van der Waals surface area contributed by atoms with Crippen LogP contribution in [0.3, 0.4) is 0 Å². The van der Waals surface area contributed by atoms with E-state index in [0.29, 0.717) is 5.41 Å². The van der Waals surface area contributed by atoms with Crippen molar-refractivity contribution in [1.29, 1.82) is 0 Å². The van der Waals surface area contributed by atoms with Gasteiger partial charge in [0.05, 0.1) is 6.61 Å². The van der Waals surface area contributed by atoms with Gasteiger partial charge >= 0.3 is 0 Å². The molecular formula is C9H18O. The largest absolute Gasteiger partial charge is 0.384 e. The third-order valence-corrected chi connectivity index (χ3v) is 1.44. The monoisotopic (exact) mass is 142 g/mol. The minimum atomic E-state index is 0.293. The van der Waals surface area contributed by atoms with E-state index >= 15 is 0 Å². The van der Waals surface area contributed by atoms with Crippen LogP contribution in [-0.2, 0) is 4.74 Å². The van der Waals surface area contributed by atoms with Crippen LogP contribution in [0.4, 0.5) is 0 Å². The van der Waals surface area contributed by atoms with Crippen LogP contribution in [0.2, 0.25) is 0 Å². The molecule has 0 unspecified atom stereocenters. The molecule has 60 valence electrons. The summed E-state index contributed by atoms with van der Waals surface area (Å²) in [5.41, 5.74) is 0.293. The third kappa shape index (κ3) is 4.57. The molecule has 0 spiro atoms. The van der Waals surface area contributed by atoms with Gasteiger partial charge in [0.25, 0.3) is 0 Å². The Hall–Kier alpha value is -0.300. The second kappa shape index (κ2) is 4.51. The van der Waals surface area contributed by atoms with Crippen LogP contribution in [0, 0.1) is 5.41 Å². The van der Waals surface area contributed by atoms with Gasteiger partial charge in [0.1, 0.15) is 0 Å². The Balaban J connectivity index is 3.62. The molecule has 0 aliphatic carbocycles. The van der Waals surface area contributed by atoms with Crippen LogP contribution >= 0.6 is 0 Å². The SMILES string of the molecule is C/C=C/CC(C)(C)COC. The summed E-state index contributed by atoms with van der Waals surface area (Å²) in [6.45, 7) is 7.28. The fraction of sp³-hybridized carbons (Fsp3) is 0.778. The number of allylic oxidation sites excluding steroid dienone is 2. The van der Waals surface area contributed by atoms with E-state index < -0.39 is 0 Å². The van der Waals surface area contributed by atoms with E-state index in [9.17, 15) is 0 Å². The molecule has 1 heteroatoms. The highest BCUT2D eigenvalue weighted by Gasteiger charge is 2.14. The standard InChI is InChI=1S/C9H18O/c1-5-6-7-9(2,3)8-10-4/h5-6H,7-8H2,1-4H3/b6-5+. The molecule has 0 bridgehead atoms. The Kier molecular flexibility index (Phi) is 4.37. The van der Waals surface area contributed by atoms with Gasteiger partial charge in [-0.3, -0.25) is 0 Å². The van der Waals surface area contributed by atoms with Crippen LogP contribution in [0.25, 0.3) is 0 Å². The zero-order valence-corrected chi connectivity index (χ0v) is 7.48. The Morgan fingerprint density at radius 3 is 2.40 bits per heavy atom. The van der Waals surface area contributed by atoms with E-state index in [4.69, 9.17) is 4.74 Å². The summed E-state index contributed by atoms with van der Waals surface area (Å²) in [6, 6.07) is 0. The van der Waals surface area contributed by atoms with Crippen LogP contribution in [0.5, 0.6) is 0 Å². The van der Waals surface area contributed by atoms with Crippen molar-refractivity contribution in [3.63, 3.8) is 0 Å². The van der Waals surface area contributed by atoms with Gasteiger partial charge in [-0.05, 0) is 18.8 Å². The second-order valence-electron chi connectivity index (χ2n) is 3.37. The quantitative estimate of drug-likeness (QED) is 0.548. The molecule has 1 nitrogen and oxygen atoms in total. The fourth-order valence-electron chi connectivity index (χ4n) is 0.887. The number of rotatable bonds is 4. The smallest absolute Gasteiger partial charge is 0.0516 e. The van der Waals surface area contributed by atoms with Crippen molar-refractivity contribution >= 4 is 0 Å². The first-order valence-electron chi connectivity index (χ1n) is 3.72. The third-order valence-electron chi connectivity index (χ3n) is 1.44. The van der Waals surface area contributed by atoms with Crippen LogP contribution < -0.4 is 0 Å². The van der Waals surface area contributed by atoms with Crippen LogP contribution in [0.15, 0.2) is 12.2 Å². The molecule has 0 radical (unpaired) electrons. The summed E-state index contributed by atoms with van der Waals surface area (Å²) in [6.07, 6.45) is 5.35. The zero-order valence-electron chi connectivity index (χ0n) is 7.48. The summed E-state index contributed by atoms with van der Waals surface area (Å²) >= 11 is 0. The summed E-state index contributed by atoms with van der Waals surface area (Å²) in [7, 11) is 1.75. The molecule has 0 heterocycles. The maximum atomic E-state index is 5.07. The first-order chi connectivity index (χ1) is 4.62. The lowest BCUT2D eigenvalue weighted by atomic mass is 9.90. The molecule has 0 aliphatic rings. The summed E-state index contributed by atoms with van der Waals surface area (Å²) in [5, 5.41) is 0. The highest BCUT2D eigenvalue weighted by atomic mass is 16.5. The molecule has 0 aromatic rings. The van der Waals surface area contributed by atoms with Crippen molar-refractivity contribution in [1.82, 2.24) is 0 Å². The topological polar surface area (TPSA) is 9.23 Å². The average Bonchev–Trinajstić information content (AvgIpc) is 1.84. The van der Waals surface area contributed by atoms with Crippen LogP contribution in [0.1, 0.15) is 27.2 Å². The first kappa shape index (κ1) is 9.70. The number of hydrogen-bond acceptors (Lipinski definition) is 1. The Morgan fingerprint density at radius 1 is 1.40 bits per heavy atom. The van der Waals surface area contributed by atoms with E-state index in [1.807, 2.05) is 6.92 Å². The van der Waals surface area contributed by atoms with Gasteiger partial charge in [-0.25, -0.2) is 0 Å². The molecule has 10 heavy (non-hydrogen) atoms. The predicted molar refractivity (Wildman–Crippen MR) is 45.1 cm³/mol. The van der Waals surface area contributed by atoms with E-state index in [1.54, 1.807) is 7.11 Å². The number of hydrogen-bond donors (Lipinski definition) is 0. The minimum absolute atomic E-state index is 0.293. The Bertz CT molecular complexity index is 103. The van der Waals surface area contributed by atoms with Gasteiger partial charge in [-0.15, -0.1) is 0 Å². The maximum Gasteiger partial charge on any atom is 0.0516 e. The van der Waals surface area contributed by atoms with Crippen molar-refractivity contribution in [2.45, 2.75) is 27.2 Å². The molecule has 0 N–H and O–H groups in total. The number of methoxy groups -OCH3 is 1. The first-order valence-corrected chi connectivity index (χ1v) is 3.72. The molecule has 0 aromatic heterocycles. The molecule has 0 aromatic carbocycles. The predicted octanol–water partition coefficient (Wildman–Crippen LogP) is 2.63. The highest BCUT2D eigenvalue weighted by Crippen LogP contribution is 2.20. The van der Waals surface area contributed by atoms with Gasteiger partial charge in [0, 0.05) is 7.11 Å². The normalized spacial score (nSPS) is 12.8. The number of ether oxygens (including phenoxy) is 1. The van der Waals surface area contributed by atoms with E-state index in [2.05, 4.69) is 26.0 Å². The average molecular weight is 142 g/mol. The molecule has 0 saturated heterocycles. The fourth-order valence-corrected chi connectivity index (χ4v) is 0.887. The molecule has 0 fully saturated rings. The van der Waals surface area contributed by atoms with Crippen molar-refractivity contribution in [3.05, 3.63) is 12.2 Å². The van der Waals surface area contributed by atoms with E-state index in [-0.39, 0.29) is 0 Å². The summed E-state index contributed by atoms with van der Waals surface area (Å²) in [4.78, 5) is 0. The lowest BCUT2D eigenvalue weighted by Crippen LogP contribution is -2.16. The van der Waals surface area contributed by atoms with Gasteiger partial charge in [-0.2, -0.15) is 0 Å².